The minimum Gasteiger partial charge on any atom is -0.310 e. The van der Waals surface area contributed by atoms with Crippen molar-refractivity contribution < 1.29 is 0 Å². The summed E-state index contributed by atoms with van der Waals surface area (Å²) in [4.78, 5) is 0. The lowest BCUT2D eigenvalue weighted by Gasteiger charge is -2.20. The average molecular weight is 298 g/mol. The molecule has 1 aromatic carbocycles. The summed E-state index contributed by atoms with van der Waals surface area (Å²) in [6, 6.07) is 6.33. The summed E-state index contributed by atoms with van der Waals surface area (Å²) in [7, 11) is 0. The summed E-state index contributed by atoms with van der Waals surface area (Å²) in [6.45, 7) is 3.16. The molecule has 2 fully saturated rings. The number of halogens is 2. The van der Waals surface area contributed by atoms with Gasteiger partial charge in [-0.15, -0.1) is 0 Å². The van der Waals surface area contributed by atoms with Crippen molar-refractivity contribution in [3.8, 4) is 0 Å². The SMILES string of the molecule is CCNC(c1ccc(Cl)cc1Cl)C1C2CCCCC21. The molecular weight excluding hydrogens is 277 g/mol. The predicted molar refractivity (Wildman–Crippen MR) is 81.8 cm³/mol. The summed E-state index contributed by atoms with van der Waals surface area (Å²) in [6.07, 6.45) is 5.63. The zero-order chi connectivity index (χ0) is 13.4. The molecule has 3 rings (SSSR count). The van der Waals surface area contributed by atoms with Crippen LogP contribution < -0.4 is 5.32 Å². The van der Waals surface area contributed by atoms with Gasteiger partial charge in [-0.2, -0.15) is 0 Å². The Morgan fingerprint density at radius 1 is 1.21 bits per heavy atom. The van der Waals surface area contributed by atoms with E-state index in [0.717, 1.165) is 34.3 Å². The van der Waals surface area contributed by atoms with Crippen LogP contribution in [-0.2, 0) is 0 Å². The monoisotopic (exact) mass is 297 g/mol. The summed E-state index contributed by atoms with van der Waals surface area (Å²) in [5, 5.41) is 5.18. The van der Waals surface area contributed by atoms with E-state index in [-0.39, 0.29) is 0 Å². The molecule has 3 heteroatoms. The van der Waals surface area contributed by atoms with E-state index >= 15 is 0 Å². The zero-order valence-corrected chi connectivity index (χ0v) is 12.8. The molecule has 0 saturated heterocycles. The van der Waals surface area contributed by atoms with E-state index in [4.69, 9.17) is 23.2 Å². The number of hydrogen-bond donors (Lipinski definition) is 1. The van der Waals surface area contributed by atoms with Crippen LogP contribution in [-0.4, -0.2) is 6.54 Å². The molecule has 2 saturated carbocycles. The molecule has 1 N–H and O–H groups in total. The number of fused-ring (bicyclic) bond motifs is 1. The Balaban J connectivity index is 1.84. The van der Waals surface area contributed by atoms with Gasteiger partial charge >= 0.3 is 0 Å². The Morgan fingerprint density at radius 2 is 1.89 bits per heavy atom. The lowest BCUT2D eigenvalue weighted by molar-refractivity contribution is 0.457. The van der Waals surface area contributed by atoms with Crippen molar-refractivity contribution in [1.29, 1.82) is 0 Å². The molecule has 104 valence electrons. The molecule has 3 unspecified atom stereocenters. The van der Waals surface area contributed by atoms with Crippen LogP contribution in [0.2, 0.25) is 10.0 Å². The average Bonchev–Trinajstić information content (AvgIpc) is 3.11. The van der Waals surface area contributed by atoms with Gasteiger partial charge in [-0.25, -0.2) is 0 Å². The third-order valence-corrected chi connectivity index (χ3v) is 5.39. The van der Waals surface area contributed by atoms with Crippen molar-refractivity contribution in [3.63, 3.8) is 0 Å². The molecule has 2 aliphatic rings. The maximum absolute atomic E-state index is 6.40. The van der Waals surface area contributed by atoms with Crippen molar-refractivity contribution >= 4 is 23.2 Å². The van der Waals surface area contributed by atoms with Crippen LogP contribution in [0.4, 0.5) is 0 Å². The Morgan fingerprint density at radius 3 is 2.47 bits per heavy atom. The number of hydrogen-bond acceptors (Lipinski definition) is 1. The lowest BCUT2D eigenvalue weighted by Crippen LogP contribution is -2.24. The standard InChI is InChI=1S/C16H21Cl2N/c1-2-19-16(13-8-7-10(17)9-14(13)18)15-11-5-3-4-6-12(11)15/h7-9,11-12,15-16,19H,2-6H2,1H3. The van der Waals surface area contributed by atoms with Crippen molar-refractivity contribution in [2.45, 2.75) is 38.6 Å². The third-order valence-electron chi connectivity index (χ3n) is 4.83. The molecular formula is C16H21Cl2N. The van der Waals surface area contributed by atoms with Crippen molar-refractivity contribution in [2.24, 2.45) is 17.8 Å². The van der Waals surface area contributed by atoms with Crippen molar-refractivity contribution in [3.05, 3.63) is 33.8 Å². The van der Waals surface area contributed by atoms with E-state index in [1.165, 1.54) is 31.2 Å². The van der Waals surface area contributed by atoms with Gasteiger partial charge in [0.05, 0.1) is 0 Å². The van der Waals surface area contributed by atoms with E-state index in [2.05, 4.69) is 18.3 Å². The highest BCUT2D eigenvalue weighted by Crippen LogP contribution is 2.60. The van der Waals surface area contributed by atoms with Crippen LogP contribution >= 0.6 is 23.2 Å². The fraction of sp³-hybridized carbons (Fsp3) is 0.625. The number of benzene rings is 1. The highest BCUT2D eigenvalue weighted by atomic mass is 35.5. The largest absolute Gasteiger partial charge is 0.310 e. The van der Waals surface area contributed by atoms with Gasteiger partial charge in [0, 0.05) is 16.1 Å². The smallest absolute Gasteiger partial charge is 0.0468 e. The van der Waals surface area contributed by atoms with E-state index in [1.807, 2.05) is 12.1 Å². The minimum atomic E-state index is 0.405. The van der Waals surface area contributed by atoms with Gasteiger partial charge in [-0.1, -0.05) is 49.0 Å². The summed E-state index contributed by atoms with van der Waals surface area (Å²) >= 11 is 12.4. The zero-order valence-electron chi connectivity index (χ0n) is 11.3. The molecule has 1 aromatic rings. The molecule has 0 aromatic heterocycles. The Bertz CT molecular complexity index is 448. The number of rotatable bonds is 4. The van der Waals surface area contributed by atoms with Gasteiger partial charge in [0.25, 0.3) is 0 Å². The van der Waals surface area contributed by atoms with Crippen molar-refractivity contribution in [2.75, 3.05) is 6.54 Å². The van der Waals surface area contributed by atoms with Gasteiger partial charge in [-0.3, -0.25) is 0 Å². The van der Waals surface area contributed by atoms with Crippen LogP contribution in [0.25, 0.3) is 0 Å². The Kier molecular flexibility index (Phi) is 4.07. The van der Waals surface area contributed by atoms with Crippen LogP contribution in [0.15, 0.2) is 18.2 Å². The Labute approximate surface area is 125 Å². The topological polar surface area (TPSA) is 12.0 Å². The first-order valence-electron chi connectivity index (χ1n) is 7.40. The lowest BCUT2D eigenvalue weighted by atomic mass is 9.99. The highest BCUT2D eigenvalue weighted by Gasteiger charge is 2.54. The second kappa shape index (κ2) is 5.63. The molecule has 19 heavy (non-hydrogen) atoms. The van der Waals surface area contributed by atoms with Gasteiger partial charge in [-0.05, 0) is 54.8 Å². The second-order valence-corrected chi connectivity index (χ2v) is 6.73. The molecule has 0 bridgehead atoms. The molecule has 3 atom stereocenters. The first-order chi connectivity index (χ1) is 9.22. The van der Waals surface area contributed by atoms with Crippen LogP contribution in [0, 0.1) is 17.8 Å². The summed E-state index contributed by atoms with van der Waals surface area (Å²) in [5.74, 6) is 2.62. The highest BCUT2D eigenvalue weighted by molar-refractivity contribution is 6.35. The molecule has 0 heterocycles. The van der Waals surface area contributed by atoms with Gasteiger partial charge in [0.15, 0.2) is 0 Å². The summed E-state index contributed by atoms with van der Waals surface area (Å²) in [5.41, 5.74) is 1.23. The van der Waals surface area contributed by atoms with Crippen LogP contribution in [0.5, 0.6) is 0 Å². The quantitative estimate of drug-likeness (QED) is 0.817. The first kappa shape index (κ1) is 13.7. The maximum atomic E-state index is 6.40. The second-order valence-electron chi connectivity index (χ2n) is 5.89. The molecule has 0 aliphatic heterocycles. The predicted octanol–water partition coefficient (Wildman–Crippen LogP) is 5.08. The van der Waals surface area contributed by atoms with E-state index in [9.17, 15) is 0 Å². The van der Waals surface area contributed by atoms with Crippen molar-refractivity contribution in [1.82, 2.24) is 5.32 Å². The first-order valence-corrected chi connectivity index (χ1v) is 8.16. The molecule has 0 radical (unpaired) electrons. The van der Waals surface area contributed by atoms with Gasteiger partial charge < -0.3 is 5.32 Å². The van der Waals surface area contributed by atoms with Crippen LogP contribution in [0.1, 0.15) is 44.2 Å². The van der Waals surface area contributed by atoms with E-state index < -0.39 is 0 Å². The van der Waals surface area contributed by atoms with Gasteiger partial charge in [0.1, 0.15) is 0 Å². The molecule has 1 nitrogen and oxygen atoms in total. The molecule has 0 spiro atoms. The molecule has 0 amide bonds. The van der Waals surface area contributed by atoms with E-state index in [1.54, 1.807) is 0 Å². The van der Waals surface area contributed by atoms with Crippen LogP contribution in [0.3, 0.4) is 0 Å². The summed E-state index contributed by atoms with van der Waals surface area (Å²) < 4.78 is 0. The molecule has 2 aliphatic carbocycles. The third kappa shape index (κ3) is 2.66. The fourth-order valence-corrected chi connectivity index (χ4v) is 4.50. The Hall–Kier alpha value is -0.240. The fourth-order valence-electron chi connectivity index (χ4n) is 3.97. The van der Waals surface area contributed by atoms with E-state index in [0.29, 0.717) is 6.04 Å². The maximum Gasteiger partial charge on any atom is 0.0468 e. The van der Waals surface area contributed by atoms with Gasteiger partial charge in [0.2, 0.25) is 0 Å². The number of nitrogens with one attached hydrogen (secondary N) is 1. The normalized spacial score (nSPS) is 30.8. The minimum absolute atomic E-state index is 0.405.